The van der Waals surface area contributed by atoms with Crippen LogP contribution in [0.25, 0.3) is 0 Å². The van der Waals surface area contributed by atoms with Crippen LogP contribution in [0.5, 0.6) is 0 Å². The fraction of sp³-hybridized carbons (Fsp3) is 0.667. The number of unbranched alkanes of at least 4 members (excludes halogenated alkanes) is 3. The molecular weight excluding hydrogens is 310 g/mol. The summed E-state index contributed by atoms with van der Waals surface area (Å²) in [5, 5.41) is 3.02. The summed E-state index contributed by atoms with van der Waals surface area (Å²) >= 11 is 0. The first-order valence-electron chi connectivity index (χ1n) is 9.97. The third-order valence-electron chi connectivity index (χ3n) is 5.20. The number of nitrogens with one attached hydrogen (secondary N) is 1. The zero-order valence-electron chi connectivity index (χ0n) is 15.8. The summed E-state index contributed by atoms with van der Waals surface area (Å²) < 4.78 is 0. The number of carbonyl (C=O) groups excluding carboxylic acids is 1. The fourth-order valence-corrected chi connectivity index (χ4v) is 3.46. The minimum absolute atomic E-state index is 0.152. The number of likely N-dealkylation sites (tertiary alicyclic amines) is 1. The van der Waals surface area contributed by atoms with Gasteiger partial charge in [0.2, 0.25) is 5.91 Å². The van der Waals surface area contributed by atoms with Gasteiger partial charge in [0.25, 0.3) is 0 Å². The van der Waals surface area contributed by atoms with Gasteiger partial charge in [-0.15, -0.1) is 0 Å². The first kappa shape index (κ1) is 19.9. The second-order valence-electron chi connectivity index (χ2n) is 7.36. The van der Waals surface area contributed by atoms with E-state index in [1.54, 1.807) is 0 Å². The summed E-state index contributed by atoms with van der Waals surface area (Å²) in [4.78, 5) is 14.4. The lowest BCUT2D eigenvalue weighted by Crippen LogP contribution is -2.36. The predicted molar refractivity (Wildman–Crippen MR) is 104 cm³/mol. The third-order valence-corrected chi connectivity index (χ3v) is 5.20. The molecule has 1 amide bonds. The van der Waals surface area contributed by atoms with Crippen LogP contribution in [0, 0.1) is 0 Å². The van der Waals surface area contributed by atoms with Crippen molar-refractivity contribution in [1.29, 1.82) is 0 Å². The van der Waals surface area contributed by atoms with E-state index < -0.39 is 0 Å². The Kier molecular flexibility index (Phi) is 8.98. The van der Waals surface area contributed by atoms with E-state index in [2.05, 4.69) is 41.4 Å². The zero-order chi connectivity index (χ0) is 17.9. The molecule has 0 spiro atoms. The Morgan fingerprint density at radius 3 is 2.56 bits per heavy atom. The Morgan fingerprint density at radius 2 is 1.84 bits per heavy atom. The highest BCUT2D eigenvalue weighted by Crippen LogP contribution is 2.19. The number of hydrogen-bond acceptors (Lipinski definition) is 3. The van der Waals surface area contributed by atoms with Gasteiger partial charge in [-0.1, -0.05) is 43.5 Å². The molecule has 1 fully saturated rings. The van der Waals surface area contributed by atoms with E-state index in [1.165, 1.54) is 36.9 Å². The smallest absolute Gasteiger partial charge is 0.220 e. The van der Waals surface area contributed by atoms with Crippen molar-refractivity contribution < 1.29 is 4.79 Å². The molecule has 3 N–H and O–H groups in total. The van der Waals surface area contributed by atoms with Crippen molar-refractivity contribution >= 4 is 5.91 Å². The average molecular weight is 346 g/mol. The van der Waals surface area contributed by atoms with E-state index >= 15 is 0 Å². The molecule has 1 aromatic carbocycles. The summed E-state index contributed by atoms with van der Waals surface area (Å²) in [6.45, 7) is 5.96. The molecule has 0 saturated carbocycles. The van der Waals surface area contributed by atoms with Crippen molar-refractivity contribution in [3.63, 3.8) is 0 Å². The molecule has 1 aliphatic heterocycles. The lowest BCUT2D eigenvalue weighted by molar-refractivity contribution is -0.121. The van der Waals surface area contributed by atoms with Gasteiger partial charge in [-0.05, 0) is 56.8 Å². The second-order valence-corrected chi connectivity index (χ2v) is 7.36. The zero-order valence-corrected chi connectivity index (χ0v) is 15.8. The molecule has 1 unspecified atom stereocenters. The van der Waals surface area contributed by atoms with Crippen LogP contribution in [0.3, 0.4) is 0 Å². The van der Waals surface area contributed by atoms with Crippen molar-refractivity contribution in [1.82, 2.24) is 10.2 Å². The number of amides is 1. The minimum Gasteiger partial charge on any atom is -0.352 e. The molecule has 0 aliphatic carbocycles. The van der Waals surface area contributed by atoms with Gasteiger partial charge in [0.05, 0.1) is 0 Å². The standard InChI is InChI=1S/C21H35N3O/c1-18-8-5-7-15-24(18)17-20-12-10-19(11-13-20)16-23-21(25)9-4-2-3-6-14-22/h10-13,18H,2-9,14-17,22H2,1H3,(H,23,25). The fourth-order valence-electron chi connectivity index (χ4n) is 3.46. The molecule has 1 saturated heterocycles. The molecule has 2 rings (SSSR count). The van der Waals surface area contributed by atoms with Crippen molar-refractivity contribution in [3.05, 3.63) is 35.4 Å². The maximum absolute atomic E-state index is 11.9. The quantitative estimate of drug-likeness (QED) is 0.637. The Labute approximate surface area is 153 Å². The largest absolute Gasteiger partial charge is 0.352 e. The molecule has 1 aromatic rings. The van der Waals surface area contributed by atoms with E-state index in [0.717, 1.165) is 38.8 Å². The highest BCUT2D eigenvalue weighted by atomic mass is 16.1. The van der Waals surface area contributed by atoms with Gasteiger partial charge in [0.1, 0.15) is 0 Å². The van der Waals surface area contributed by atoms with Gasteiger partial charge in [-0.2, -0.15) is 0 Å². The third kappa shape index (κ3) is 7.57. The normalized spacial score (nSPS) is 18.2. The lowest BCUT2D eigenvalue weighted by Gasteiger charge is -2.33. The van der Waals surface area contributed by atoms with Crippen LogP contribution < -0.4 is 11.1 Å². The maximum Gasteiger partial charge on any atom is 0.220 e. The first-order valence-corrected chi connectivity index (χ1v) is 9.97. The molecular formula is C21H35N3O. The van der Waals surface area contributed by atoms with E-state index in [-0.39, 0.29) is 5.91 Å². The maximum atomic E-state index is 11.9. The van der Waals surface area contributed by atoms with Crippen LogP contribution in [0.4, 0.5) is 0 Å². The second kappa shape index (κ2) is 11.3. The number of piperidine rings is 1. The Bertz CT molecular complexity index is 500. The predicted octanol–water partition coefficient (Wildman–Crippen LogP) is 3.59. The van der Waals surface area contributed by atoms with Gasteiger partial charge in [0.15, 0.2) is 0 Å². The molecule has 1 atom stereocenters. The highest BCUT2D eigenvalue weighted by molar-refractivity contribution is 5.75. The number of benzene rings is 1. The van der Waals surface area contributed by atoms with E-state index in [9.17, 15) is 4.79 Å². The number of carbonyl (C=O) groups is 1. The first-order chi connectivity index (χ1) is 12.2. The summed E-state index contributed by atoms with van der Waals surface area (Å²) in [5.41, 5.74) is 8.01. The van der Waals surface area contributed by atoms with Gasteiger partial charge in [0, 0.05) is 25.6 Å². The Balaban J connectivity index is 1.66. The van der Waals surface area contributed by atoms with Crippen molar-refractivity contribution in [2.75, 3.05) is 13.1 Å². The number of nitrogens with zero attached hydrogens (tertiary/aromatic N) is 1. The van der Waals surface area contributed by atoms with Gasteiger partial charge in [-0.3, -0.25) is 9.69 Å². The van der Waals surface area contributed by atoms with Crippen LogP contribution in [0.15, 0.2) is 24.3 Å². The Hall–Kier alpha value is -1.39. The number of rotatable bonds is 10. The van der Waals surface area contributed by atoms with Crippen molar-refractivity contribution in [2.45, 2.75) is 77.4 Å². The molecule has 4 nitrogen and oxygen atoms in total. The van der Waals surface area contributed by atoms with Crippen LogP contribution in [0.2, 0.25) is 0 Å². The molecule has 0 bridgehead atoms. The van der Waals surface area contributed by atoms with Crippen LogP contribution in [0.1, 0.15) is 69.4 Å². The molecule has 25 heavy (non-hydrogen) atoms. The van der Waals surface area contributed by atoms with Crippen molar-refractivity contribution in [3.8, 4) is 0 Å². The summed E-state index contributed by atoms with van der Waals surface area (Å²) in [6.07, 6.45) is 8.86. The summed E-state index contributed by atoms with van der Waals surface area (Å²) in [6, 6.07) is 9.39. The van der Waals surface area contributed by atoms with E-state index in [4.69, 9.17) is 5.73 Å². The monoisotopic (exact) mass is 345 g/mol. The van der Waals surface area contributed by atoms with E-state index in [0.29, 0.717) is 19.0 Å². The topological polar surface area (TPSA) is 58.4 Å². The summed E-state index contributed by atoms with van der Waals surface area (Å²) in [5.74, 6) is 0.152. The SMILES string of the molecule is CC1CCCCN1Cc1ccc(CNC(=O)CCCCCCN)cc1. The molecule has 0 aromatic heterocycles. The van der Waals surface area contributed by atoms with Crippen LogP contribution >= 0.6 is 0 Å². The van der Waals surface area contributed by atoms with Gasteiger partial charge < -0.3 is 11.1 Å². The minimum atomic E-state index is 0.152. The lowest BCUT2D eigenvalue weighted by atomic mass is 10.0. The molecule has 4 heteroatoms. The molecule has 140 valence electrons. The van der Waals surface area contributed by atoms with Crippen LogP contribution in [-0.2, 0) is 17.9 Å². The summed E-state index contributed by atoms with van der Waals surface area (Å²) in [7, 11) is 0. The highest BCUT2D eigenvalue weighted by Gasteiger charge is 2.17. The molecule has 1 aliphatic rings. The van der Waals surface area contributed by atoms with Gasteiger partial charge in [-0.25, -0.2) is 0 Å². The van der Waals surface area contributed by atoms with E-state index in [1.807, 2.05) is 0 Å². The van der Waals surface area contributed by atoms with Gasteiger partial charge >= 0.3 is 0 Å². The van der Waals surface area contributed by atoms with Crippen LogP contribution in [-0.4, -0.2) is 29.9 Å². The Morgan fingerprint density at radius 1 is 1.12 bits per heavy atom. The average Bonchev–Trinajstić information content (AvgIpc) is 2.63. The molecule has 1 heterocycles. The molecule has 0 radical (unpaired) electrons. The number of hydrogen-bond donors (Lipinski definition) is 2. The number of nitrogens with two attached hydrogens (primary N) is 1. The van der Waals surface area contributed by atoms with Crippen molar-refractivity contribution in [2.24, 2.45) is 5.73 Å².